The largest absolute Gasteiger partial charge is 0.327 e. The van der Waals surface area contributed by atoms with Crippen molar-refractivity contribution in [1.29, 1.82) is 0 Å². The summed E-state index contributed by atoms with van der Waals surface area (Å²) in [5.74, 6) is 1.59. The standard InChI is InChI=1S/C24H36N2/c1-18-13-26(9-8-21(18)25)17-23-11-19-10-22(2,14-23)15-24(12-19,16-23)20-6-4-3-5-7-20/h3-7,18-19,21H,8-17,25H2,1-2H3/t18?,19?,21?,22-,23?,24+/m0/s1. The molecule has 1 aromatic rings. The van der Waals surface area contributed by atoms with Crippen LogP contribution < -0.4 is 5.73 Å². The third-order valence-corrected chi connectivity index (χ3v) is 8.46. The summed E-state index contributed by atoms with van der Waals surface area (Å²) >= 11 is 0. The summed E-state index contributed by atoms with van der Waals surface area (Å²) in [5, 5.41) is 0. The molecule has 2 heteroatoms. The molecule has 6 atom stereocenters. The molecule has 142 valence electrons. The number of hydrogen-bond acceptors (Lipinski definition) is 2. The molecule has 4 aliphatic carbocycles. The van der Waals surface area contributed by atoms with E-state index in [1.54, 1.807) is 5.56 Å². The van der Waals surface area contributed by atoms with Gasteiger partial charge in [0.15, 0.2) is 0 Å². The number of likely N-dealkylation sites (tertiary alicyclic amines) is 1. The maximum atomic E-state index is 6.29. The highest BCUT2D eigenvalue weighted by molar-refractivity contribution is 5.31. The van der Waals surface area contributed by atoms with Gasteiger partial charge in [-0.15, -0.1) is 0 Å². The third kappa shape index (κ3) is 2.76. The van der Waals surface area contributed by atoms with E-state index in [-0.39, 0.29) is 0 Å². The van der Waals surface area contributed by atoms with Crippen LogP contribution in [0, 0.1) is 22.7 Å². The van der Waals surface area contributed by atoms with Gasteiger partial charge in [0.2, 0.25) is 0 Å². The van der Waals surface area contributed by atoms with Crippen LogP contribution in [0.25, 0.3) is 0 Å². The SMILES string of the molecule is CC1CN(CC23CC4C[C@@](C)(C2)C[C@](c2ccccc2)(C4)C3)CCC1N. The van der Waals surface area contributed by atoms with Crippen LogP contribution in [-0.2, 0) is 5.41 Å². The maximum Gasteiger partial charge on any atom is 0.00889 e. The van der Waals surface area contributed by atoms with Crippen molar-refractivity contribution in [2.45, 2.75) is 70.3 Å². The van der Waals surface area contributed by atoms with Gasteiger partial charge in [-0.05, 0) is 85.1 Å². The number of benzene rings is 1. The average Bonchev–Trinajstić information content (AvgIpc) is 2.56. The van der Waals surface area contributed by atoms with Crippen molar-refractivity contribution in [3.63, 3.8) is 0 Å². The van der Waals surface area contributed by atoms with E-state index < -0.39 is 0 Å². The Kier molecular flexibility index (Phi) is 3.86. The molecule has 1 aromatic carbocycles. The molecule has 5 aliphatic rings. The van der Waals surface area contributed by atoms with E-state index in [1.165, 1.54) is 64.6 Å². The number of piperidine rings is 1. The lowest BCUT2D eigenvalue weighted by Crippen LogP contribution is -2.61. The summed E-state index contributed by atoms with van der Waals surface area (Å²) in [4.78, 5) is 2.78. The Bertz CT molecular complexity index is 672. The summed E-state index contributed by atoms with van der Waals surface area (Å²) in [6.45, 7) is 8.71. The maximum absolute atomic E-state index is 6.29. The summed E-state index contributed by atoms with van der Waals surface area (Å²) < 4.78 is 0. The van der Waals surface area contributed by atoms with Gasteiger partial charge in [0, 0.05) is 19.1 Å². The van der Waals surface area contributed by atoms with Crippen LogP contribution in [0.4, 0.5) is 0 Å². The Morgan fingerprint density at radius 2 is 1.88 bits per heavy atom. The monoisotopic (exact) mass is 352 g/mol. The van der Waals surface area contributed by atoms with Crippen molar-refractivity contribution in [1.82, 2.24) is 4.90 Å². The van der Waals surface area contributed by atoms with Crippen LogP contribution in [0.3, 0.4) is 0 Å². The summed E-state index contributed by atoms with van der Waals surface area (Å²) in [7, 11) is 0. The van der Waals surface area contributed by atoms with Crippen molar-refractivity contribution < 1.29 is 0 Å². The molecule has 0 radical (unpaired) electrons. The van der Waals surface area contributed by atoms with E-state index in [4.69, 9.17) is 5.73 Å². The smallest absolute Gasteiger partial charge is 0.00889 e. The molecular weight excluding hydrogens is 316 g/mol. The lowest BCUT2D eigenvalue weighted by atomic mass is 9.39. The molecule has 4 bridgehead atoms. The van der Waals surface area contributed by atoms with Gasteiger partial charge >= 0.3 is 0 Å². The van der Waals surface area contributed by atoms with Gasteiger partial charge in [-0.1, -0.05) is 44.2 Å². The van der Waals surface area contributed by atoms with Crippen molar-refractivity contribution in [2.75, 3.05) is 19.6 Å². The molecule has 4 unspecified atom stereocenters. The topological polar surface area (TPSA) is 29.3 Å². The lowest BCUT2D eigenvalue weighted by Gasteiger charge is -2.67. The van der Waals surface area contributed by atoms with Crippen molar-refractivity contribution in [3.05, 3.63) is 35.9 Å². The third-order valence-electron chi connectivity index (χ3n) is 8.46. The van der Waals surface area contributed by atoms with E-state index in [0.29, 0.717) is 28.2 Å². The van der Waals surface area contributed by atoms with Gasteiger partial charge in [0.05, 0.1) is 0 Å². The molecule has 26 heavy (non-hydrogen) atoms. The number of hydrogen-bond donors (Lipinski definition) is 1. The zero-order valence-corrected chi connectivity index (χ0v) is 16.7. The van der Waals surface area contributed by atoms with Crippen LogP contribution >= 0.6 is 0 Å². The van der Waals surface area contributed by atoms with Gasteiger partial charge < -0.3 is 10.6 Å². The Morgan fingerprint density at radius 3 is 2.62 bits per heavy atom. The van der Waals surface area contributed by atoms with Crippen LogP contribution in [0.15, 0.2) is 30.3 Å². The Labute approximate surface area is 159 Å². The molecule has 0 amide bonds. The number of rotatable bonds is 3. The fourth-order valence-electron chi connectivity index (χ4n) is 8.30. The first kappa shape index (κ1) is 17.3. The quantitative estimate of drug-likeness (QED) is 0.862. The number of nitrogens with two attached hydrogens (primary N) is 1. The predicted molar refractivity (Wildman–Crippen MR) is 108 cm³/mol. The van der Waals surface area contributed by atoms with E-state index in [1.807, 2.05) is 0 Å². The molecule has 1 saturated heterocycles. The van der Waals surface area contributed by atoms with E-state index >= 15 is 0 Å². The van der Waals surface area contributed by atoms with Gasteiger partial charge in [0.25, 0.3) is 0 Å². The fraction of sp³-hybridized carbons (Fsp3) is 0.750. The highest BCUT2D eigenvalue weighted by Gasteiger charge is 2.62. The van der Waals surface area contributed by atoms with Gasteiger partial charge in [-0.3, -0.25) is 0 Å². The van der Waals surface area contributed by atoms with E-state index in [2.05, 4.69) is 49.1 Å². The van der Waals surface area contributed by atoms with Gasteiger partial charge in [0.1, 0.15) is 0 Å². The van der Waals surface area contributed by atoms with Crippen molar-refractivity contribution >= 4 is 0 Å². The Hall–Kier alpha value is -0.860. The minimum atomic E-state index is 0.413. The molecule has 6 rings (SSSR count). The average molecular weight is 353 g/mol. The highest BCUT2D eigenvalue weighted by atomic mass is 15.1. The molecule has 2 N–H and O–H groups in total. The van der Waals surface area contributed by atoms with Crippen LogP contribution in [0.5, 0.6) is 0 Å². The second-order valence-electron chi connectivity index (χ2n) is 11.1. The zero-order chi connectivity index (χ0) is 18.0. The minimum absolute atomic E-state index is 0.413. The molecule has 0 aromatic heterocycles. The van der Waals surface area contributed by atoms with Gasteiger partial charge in [-0.25, -0.2) is 0 Å². The van der Waals surface area contributed by atoms with Crippen LogP contribution in [0.1, 0.15) is 64.4 Å². The van der Waals surface area contributed by atoms with Crippen LogP contribution in [-0.4, -0.2) is 30.6 Å². The molecule has 0 spiro atoms. The lowest BCUT2D eigenvalue weighted by molar-refractivity contribution is -0.130. The van der Waals surface area contributed by atoms with Crippen LogP contribution in [0.2, 0.25) is 0 Å². The van der Waals surface area contributed by atoms with Crippen molar-refractivity contribution in [3.8, 4) is 0 Å². The zero-order valence-electron chi connectivity index (χ0n) is 16.7. The van der Waals surface area contributed by atoms with Gasteiger partial charge in [-0.2, -0.15) is 0 Å². The summed E-state index contributed by atoms with van der Waals surface area (Å²) in [5.41, 5.74) is 9.49. The molecule has 2 nitrogen and oxygen atoms in total. The second-order valence-corrected chi connectivity index (χ2v) is 11.1. The number of nitrogens with zero attached hydrogens (tertiary/aromatic N) is 1. The highest BCUT2D eigenvalue weighted by Crippen LogP contribution is 2.70. The first-order valence-corrected chi connectivity index (χ1v) is 10.9. The first-order valence-electron chi connectivity index (χ1n) is 10.9. The fourth-order valence-corrected chi connectivity index (χ4v) is 8.30. The minimum Gasteiger partial charge on any atom is -0.327 e. The second kappa shape index (κ2) is 5.82. The summed E-state index contributed by atoms with van der Waals surface area (Å²) in [6, 6.07) is 12.0. The normalized spacial score (nSPS) is 48.0. The van der Waals surface area contributed by atoms with Crippen molar-refractivity contribution in [2.24, 2.45) is 28.4 Å². The molecule has 4 saturated carbocycles. The summed E-state index contributed by atoms with van der Waals surface area (Å²) in [6.07, 6.45) is 9.88. The molecular formula is C24H36N2. The predicted octanol–water partition coefficient (Wildman–Crippen LogP) is 4.58. The Morgan fingerprint density at radius 1 is 1.08 bits per heavy atom. The Balaban J connectivity index is 1.45. The van der Waals surface area contributed by atoms with E-state index in [9.17, 15) is 0 Å². The molecule has 5 fully saturated rings. The first-order chi connectivity index (χ1) is 12.4. The van der Waals surface area contributed by atoms with E-state index in [0.717, 1.165) is 5.92 Å². The molecule has 1 heterocycles. The molecule has 1 aliphatic heterocycles.